The van der Waals surface area contributed by atoms with Crippen LogP contribution in [0.3, 0.4) is 0 Å². The summed E-state index contributed by atoms with van der Waals surface area (Å²) in [5.74, 6) is -0.971. The van der Waals surface area contributed by atoms with E-state index >= 15 is 4.39 Å². The van der Waals surface area contributed by atoms with Crippen molar-refractivity contribution >= 4 is 29.5 Å². The molecule has 0 spiro atoms. The van der Waals surface area contributed by atoms with Crippen LogP contribution in [0.25, 0.3) is 0 Å². The van der Waals surface area contributed by atoms with Gasteiger partial charge in [0.1, 0.15) is 17.5 Å². The van der Waals surface area contributed by atoms with Gasteiger partial charge in [0.2, 0.25) is 11.8 Å². The molecule has 4 aliphatic heterocycles. The molecule has 6 rings (SSSR count). The number of piperidine rings is 1. The van der Waals surface area contributed by atoms with Crippen LogP contribution in [-0.4, -0.2) is 120 Å². The number of nitrogens with one attached hydrogen (secondary N) is 1. The summed E-state index contributed by atoms with van der Waals surface area (Å²) in [6, 6.07) is 2.37. The fraction of sp³-hybridized carbons (Fsp3) is 0.697. The molecule has 13 heteroatoms. The Balaban J connectivity index is 0.924. The van der Waals surface area contributed by atoms with E-state index in [0.29, 0.717) is 56.4 Å². The number of amides is 4. The highest BCUT2D eigenvalue weighted by atomic mass is 19.1. The number of carbonyl (C=O) groups is 4. The molecule has 0 bridgehead atoms. The van der Waals surface area contributed by atoms with Crippen molar-refractivity contribution in [2.45, 2.75) is 83.6 Å². The third kappa shape index (κ3) is 7.47. The van der Waals surface area contributed by atoms with Gasteiger partial charge < -0.3 is 19.4 Å². The van der Waals surface area contributed by atoms with Crippen LogP contribution in [0.2, 0.25) is 0 Å². The molecule has 5 aliphatic rings. The van der Waals surface area contributed by atoms with E-state index < -0.39 is 23.4 Å². The maximum absolute atomic E-state index is 15.3. The highest BCUT2D eigenvalue weighted by Gasteiger charge is 2.40. The minimum absolute atomic E-state index is 0.186. The summed E-state index contributed by atoms with van der Waals surface area (Å²) >= 11 is 0. The average molecular weight is 643 g/mol. The summed E-state index contributed by atoms with van der Waals surface area (Å²) in [5.41, 5.74) is 1.02. The molecule has 252 valence electrons. The molecule has 12 nitrogen and oxygen atoms in total. The van der Waals surface area contributed by atoms with E-state index in [1.807, 2.05) is 25.8 Å². The number of hydrogen-bond acceptors (Lipinski definition) is 9. The second-order valence-electron chi connectivity index (χ2n) is 14.3. The minimum atomic E-state index is -0.712. The molecule has 1 saturated carbocycles. The van der Waals surface area contributed by atoms with E-state index in [0.717, 1.165) is 50.9 Å². The van der Waals surface area contributed by atoms with Gasteiger partial charge in [0, 0.05) is 77.4 Å². The Kier molecular flexibility index (Phi) is 9.54. The number of carbonyl (C=O) groups excluding carboxylic acids is 4. The smallest absolute Gasteiger partial charge is 0.410 e. The molecule has 4 amide bonds. The van der Waals surface area contributed by atoms with Crippen molar-refractivity contribution < 1.29 is 33.1 Å². The number of rotatable bonds is 6. The molecule has 3 saturated heterocycles. The Bertz CT molecular complexity index is 1330. The molecule has 0 aromatic heterocycles. The van der Waals surface area contributed by atoms with Crippen LogP contribution in [0, 0.1) is 11.7 Å². The lowest BCUT2D eigenvalue weighted by Crippen LogP contribution is -2.52. The zero-order valence-electron chi connectivity index (χ0n) is 27.3. The number of fused-ring (bicyclic) bond motifs is 1. The number of imide groups is 1. The Morgan fingerprint density at radius 2 is 1.63 bits per heavy atom. The third-order valence-corrected chi connectivity index (χ3v) is 9.80. The van der Waals surface area contributed by atoms with Gasteiger partial charge >= 0.3 is 6.09 Å². The lowest BCUT2D eigenvalue weighted by Gasteiger charge is -2.40. The SMILES string of the molecule is CC(C)(C)OC(=O)N1CCN(OC2CCC(CN3CCN(c4cc5c(cc4F)C(=O)N(C4CCC(=O)NC4=O)C5)CC3)CC2)CC1. The number of halogens is 1. The van der Waals surface area contributed by atoms with E-state index in [1.54, 1.807) is 11.0 Å². The molecule has 1 N–H and O–H groups in total. The number of benzene rings is 1. The first kappa shape index (κ1) is 32.6. The number of nitrogens with zero attached hydrogens (tertiary/aromatic N) is 5. The van der Waals surface area contributed by atoms with Gasteiger partial charge in [0.15, 0.2) is 0 Å². The average Bonchev–Trinajstić information content (AvgIpc) is 3.32. The second-order valence-corrected chi connectivity index (χ2v) is 14.3. The van der Waals surface area contributed by atoms with Gasteiger partial charge in [-0.25, -0.2) is 9.18 Å². The molecular formula is C33H47FN6O6. The van der Waals surface area contributed by atoms with E-state index in [4.69, 9.17) is 9.57 Å². The molecular weight excluding hydrogens is 595 g/mol. The molecule has 1 atom stereocenters. The first-order valence-electron chi connectivity index (χ1n) is 16.8. The summed E-state index contributed by atoms with van der Waals surface area (Å²) in [7, 11) is 0. The van der Waals surface area contributed by atoms with Crippen LogP contribution in [0.15, 0.2) is 12.1 Å². The molecule has 1 aromatic carbocycles. The zero-order valence-corrected chi connectivity index (χ0v) is 27.3. The predicted molar refractivity (Wildman–Crippen MR) is 167 cm³/mol. The van der Waals surface area contributed by atoms with Crippen molar-refractivity contribution in [2.24, 2.45) is 5.92 Å². The quantitative estimate of drug-likeness (QED) is 0.468. The van der Waals surface area contributed by atoms with E-state index in [1.165, 1.54) is 11.0 Å². The fourth-order valence-electron chi connectivity index (χ4n) is 7.29. The van der Waals surface area contributed by atoms with Crippen molar-refractivity contribution in [2.75, 3.05) is 63.8 Å². The van der Waals surface area contributed by atoms with Gasteiger partial charge in [0.25, 0.3) is 5.91 Å². The maximum atomic E-state index is 15.3. The molecule has 1 aromatic rings. The van der Waals surface area contributed by atoms with E-state index in [9.17, 15) is 19.2 Å². The largest absolute Gasteiger partial charge is 0.444 e. The van der Waals surface area contributed by atoms with Gasteiger partial charge in [-0.3, -0.25) is 29.4 Å². The van der Waals surface area contributed by atoms with Crippen molar-refractivity contribution in [1.82, 2.24) is 25.1 Å². The van der Waals surface area contributed by atoms with Crippen LogP contribution in [0.5, 0.6) is 0 Å². The first-order valence-corrected chi connectivity index (χ1v) is 16.8. The van der Waals surface area contributed by atoms with Crippen molar-refractivity contribution in [3.8, 4) is 0 Å². The highest BCUT2D eigenvalue weighted by Crippen LogP contribution is 2.34. The van der Waals surface area contributed by atoms with Gasteiger partial charge in [-0.2, -0.15) is 5.06 Å². The number of anilines is 1. The number of hydroxylamine groups is 2. The zero-order chi connectivity index (χ0) is 32.6. The van der Waals surface area contributed by atoms with Gasteiger partial charge in [0.05, 0.1) is 11.8 Å². The Morgan fingerprint density at radius 3 is 2.28 bits per heavy atom. The van der Waals surface area contributed by atoms with Gasteiger partial charge in [-0.05, 0) is 76.5 Å². The van der Waals surface area contributed by atoms with Crippen LogP contribution in [0.4, 0.5) is 14.9 Å². The third-order valence-electron chi connectivity index (χ3n) is 9.80. The highest BCUT2D eigenvalue weighted by molar-refractivity contribution is 6.05. The van der Waals surface area contributed by atoms with Crippen LogP contribution in [0.1, 0.15) is 75.2 Å². The first-order chi connectivity index (χ1) is 21.9. The summed E-state index contributed by atoms with van der Waals surface area (Å²) in [5, 5.41) is 4.31. The summed E-state index contributed by atoms with van der Waals surface area (Å²) in [6.45, 7) is 12.6. The molecule has 4 heterocycles. The van der Waals surface area contributed by atoms with Crippen molar-refractivity contribution in [3.05, 3.63) is 29.1 Å². The topological polar surface area (TPSA) is 115 Å². The molecule has 1 unspecified atom stereocenters. The van der Waals surface area contributed by atoms with E-state index in [2.05, 4.69) is 15.1 Å². The summed E-state index contributed by atoms with van der Waals surface area (Å²) in [6.07, 6.45) is 4.68. The number of hydrogen-bond donors (Lipinski definition) is 1. The molecule has 46 heavy (non-hydrogen) atoms. The molecule has 0 radical (unpaired) electrons. The van der Waals surface area contributed by atoms with Crippen molar-refractivity contribution in [3.63, 3.8) is 0 Å². The Labute approximate surface area is 270 Å². The summed E-state index contributed by atoms with van der Waals surface area (Å²) < 4.78 is 20.8. The maximum Gasteiger partial charge on any atom is 0.410 e. The van der Waals surface area contributed by atoms with Crippen molar-refractivity contribution in [1.29, 1.82) is 0 Å². The molecule has 4 fully saturated rings. The van der Waals surface area contributed by atoms with Crippen LogP contribution in [-0.2, 0) is 25.7 Å². The molecule has 1 aliphatic carbocycles. The lowest BCUT2D eigenvalue weighted by molar-refractivity contribution is -0.218. The number of ether oxygens (including phenoxy) is 1. The lowest BCUT2D eigenvalue weighted by atomic mass is 9.87. The van der Waals surface area contributed by atoms with Crippen LogP contribution < -0.4 is 10.2 Å². The Hall–Kier alpha value is -3.29. The minimum Gasteiger partial charge on any atom is -0.444 e. The Morgan fingerprint density at radius 1 is 0.935 bits per heavy atom. The van der Waals surface area contributed by atoms with Gasteiger partial charge in [-0.15, -0.1) is 0 Å². The fourth-order valence-corrected chi connectivity index (χ4v) is 7.29. The normalized spacial score (nSPS) is 26.7. The second kappa shape index (κ2) is 13.4. The predicted octanol–water partition coefficient (Wildman–Crippen LogP) is 2.75. The number of piperazine rings is 2. The van der Waals surface area contributed by atoms with Crippen LogP contribution >= 0.6 is 0 Å². The standard InChI is InChI=1S/C33H47FN6O6/c1-33(2,3)45-32(44)38-14-16-39(17-15-38)46-24-6-4-22(5-7-24)20-36-10-12-37(13-11-36)28-18-23-21-40(31(43)25(23)19-26(28)34)27-8-9-29(41)35-30(27)42/h18-19,22,24,27H,4-17,20-21H2,1-3H3,(H,35,41,42). The summed E-state index contributed by atoms with van der Waals surface area (Å²) in [4.78, 5) is 63.3. The monoisotopic (exact) mass is 642 g/mol. The van der Waals surface area contributed by atoms with Gasteiger partial charge in [-0.1, -0.05) is 0 Å². The van der Waals surface area contributed by atoms with E-state index in [-0.39, 0.29) is 43.4 Å².